The van der Waals surface area contributed by atoms with Gasteiger partial charge in [-0.2, -0.15) is 0 Å². The molecule has 2 unspecified atom stereocenters. The minimum atomic E-state index is 0. The van der Waals surface area contributed by atoms with Crippen molar-refractivity contribution in [3.05, 3.63) is 35.4 Å². The second-order valence-electron chi connectivity index (χ2n) is 6.91. The number of rotatable bonds is 7. The molecule has 0 saturated carbocycles. The second-order valence-corrected chi connectivity index (χ2v) is 6.91. The Labute approximate surface area is 176 Å². The van der Waals surface area contributed by atoms with E-state index >= 15 is 0 Å². The van der Waals surface area contributed by atoms with E-state index in [1.807, 2.05) is 0 Å². The zero-order valence-electron chi connectivity index (χ0n) is 16.6. The number of nitrogens with one attached hydrogen (secondary N) is 2. The van der Waals surface area contributed by atoms with Crippen molar-refractivity contribution < 1.29 is 4.74 Å². The maximum Gasteiger partial charge on any atom is 0.191 e. The number of morpholine rings is 1. The van der Waals surface area contributed by atoms with Gasteiger partial charge < -0.3 is 15.4 Å². The summed E-state index contributed by atoms with van der Waals surface area (Å²) in [7, 11) is 0. The number of guanidine groups is 1. The number of halogens is 1. The topological polar surface area (TPSA) is 48.9 Å². The van der Waals surface area contributed by atoms with E-state index < -0.39 is 0 Å². The van der Waals surface area contributed by atoms with Crippen molar-refractivity contribution in [2.75, 3.05) is 45.9 Å². The number of nitrogens with zero attached hydrogens (tertiary/aromatic N) is 2. The highest BCUT2D eigenvalue weighted by atomic mass is 127. The van der Waals surface area contributed by atoms with Crippen molar-refractivity contribution in [2.24, 2.45) is 4.99 Å². The maximum atomic E-state index is 5.43. The van der Waals surface area contributed by atoms with Crippen LogP contribution in [0.5, 0.6) is 0 Å². The van der Waals surface area contributed by atoms with Crippen molar-refractivity contribution in [2.45, 2.75) is 39.7 Å². The van der Waals surface area contributed by atoms with Crippen LogP contribution in [0.15, 0.2) is 29.3 Å². The Morgan fingerprint density at radius 1 is 1.23 bits per heavy atom. The largest absolute Gasteiger partial charge is 0.379 e. The second kappa shape index (κ2) is 12.5. The van der Waals surface area contributed by atoms with Gasteiger partial charge in [-0.05, 0) is 32.3 Å². The van der Waals surface area contributed by atoms with Crippen LogP contribution in [0.3, 0.4) is 0 Å². The summed E-state index contributed by atoms with van der Waals surface area (Å²) >= 11 is 0. The van der Waals surface area contributed by atoms with Crippen molar-refractivity contribution >= 4 is 29.9 Å². The zero-order valence-corrected chi connectivity index (χ0v) is 19.0. The fourth-order valence-corrected chi connectivity index (χ4v) is 3.04. The van der Waals surface area contributed by atoms with E-state index in [1.54, 1.807) is 0 Å². The average Bonchev–Trinajstić information content (AvgIpc) is 2.64. The molecule has 0 spiro atoms. The van der Waals surface area contributed by atoms with Crippen LogP contribution in [-0.4, -0.2) is 62.8 Å². The van der Waals surface area contributed by atoms with E-state index in [0.717, 1.165) is 51.9 Å². The first-order valence-electron chi connectivity index (χ1n) is 9.50. The number of ether oxygens (including phenoxy) is 1. The van der Waals surface area contributed by atoms with Crippen LogP contribution in [0, 0.1) is 6.92 Å². The average molecular weight is 474 g/mol. The normalized spacial score (nSPS) is 17.9. The molecule has 26 heavy (non-hydrogen) atoms. The van der Waals surface area contributed by atoms with Crippen LogP contribution in [0.1, 0.15) is 37.8 Å². The monoisotopic (exact) mass is 474 g/mol. The molecule has 148 valence electrons. The summed E-state index contributed by atoms with van der Waals surface area (Å²) in [5, 5.41) is 6.85. The lowest BCUT2D eigenvalue weighted by molar-refractivity contribution is 0.0220. The number of hydrogen-bond donors (Lipinski definition) is 2. The Hall–Kier alpha value is -0.860. The predicted octanol–water partition coefficient (Wildman–Crippen LogP) is 2.99. The van der Waals surface area contributed by atoms with E-state index in [1.165, 1.54) is 11.1 Å². The highest BCUT2D eigenvalue weighted by Gasteiger charge is 2.16. The number of hydrogen-bond acceptors (Lipinski definition) is 3. The molecule has 1 aromatic rings. The third-order valence-electron chi connectivity index (χ3n) is 4.71. The smallest absolute Gasteiger partial charge is 0.191 e. The highest BCUT2D eigenvalue weighted by molar-refractivity contribution is 14.0. The molecular weight excluding hydrogens is 439 g/mol. The zero-order chi connectivity index (χ0) is 18.1. The molecule has 5 nitrogen and oxygen atoms in total. The van der Waals surface area contributed by atoms with Gasteiger partial charge in [-0.3, -0.25) is 9.89 Å². The van der Waals surface area contributed by atoms with E-state index in [9.17, 15) is 0 Å². The summed E-state index contributed by atoms with van der Waals surface area (Å²) in [5.74, 6) is 1.35. The predicted molar refractivity (Wildman–Crippen MR) is 121 cm³/mol. The summed E-state index contributed by atoms with van der Waals surface area (Å²) in [5.41, 5.74) is 2.68. The summed E-state index contributed by atoms with van der Waals surface area (Å²) in [6.45, 7) is 15.0. The summed E-state index contributed by atoms with van der Waals surface area (Å²) in [4.78, 5) is 7.23. The fraction of sp³-hybridized carbons (Fsp3) is 0.650. The van der Waals surface area contributed by atoms with Gasteiger partial charge in [0.2, 0.25) is 0 Å². The lowest BCUT2D eigenvalue weighted by Gasteiger charge is -2.31. The van der Waals surface area contributed by atoms with Crippen LogP contribution in [0.4, 0.5) is 0 Å². The SMILES string of the molecule is CCNC(=NCC(C)N1CCOCC1)NCC(C)c1cccc(C)c1.I. The molecule has 2 atom stereocenters. The quantitative estimate of drug-likeness (QED) is 0.363. The maximum absolute atomic E-state index is 5.43. The third-order valence-corrected chi connectivity index (χ3v) is 4.71. The molecule has 0 amide bonds. The molecule has 1 aliphatic heterocycles. The molecule has 1 fully saturated rings. The van der Waals surface area contributed by atoms with Gasteiger partial charge in [0, 0.05) is 32.2 Å². The molecule has 2 rings (SSSR count). The van der Waals surface area contributed by atoms with Crippen LogP contribution < -0.4 is 10.6 Å². The van der Waals surface area contributed by atoms with Gasteiger partial charge in [0.1, 0.15) is 0 Å². The molecule has 0 aromatic heterocycles. The molecule has 0 bridgehead atoms. The Kier molecular flexibility index (Phi) is 11.2. The molecule has 1 aliphatic rings. The lowest BCUT2D eigenvalue weighted by atomic mass is 9.99. The lowest BCUT2D eigenvalue weighted by Crippen LogP contribution is -2.44. The van der Waals surface area contributed by atoms with Gasteiger partial charge in [0.05, 0.1) is 19.8 Å². The standard InChI is InChI=1S/C20H34N4O.HI/c1-5-21-20(23-15-18(4)24-9-11-25-12-10-24)22-14-17(3)19-8-6-7-16(2)13-19;/h6-8,13,17-18H,5,9-12,14-15H2,1-4H3,(H2,21,22,23);1H. The molecule has 2 N–H and O–H groups in total. The molecule has 1 aromatic carbocycles. The van der Waals surface area contributed by atoms with Gasteiger partial charge in [0.25, 0.3) is 0 Å². The van der Waals surface area contributed by atoms with Crippen LogP contribution in [0.25, 0.3) is 0 Å². The van der Waals surface area contributed by atoms with Crippen molar-refractivity contribution in [1.82, 2.24) is 15.5 Å². The Balaban J connectivity index is 0.00000338. The minimum absolute atomic E-state index is 0. The van der Waals surface area contributed by atoms with Crippen LogP contribution >= 0.6 is 24.0 Å². The van der Waals surface area contributed by atoms with Crippen molar-refractivity contribution in [3.8, 4) is 0 Å². The molecule has 1 heterocycles. The van der Waals surface area contributed by atoms with Crippen LogP contribution in [0.2, 0.25) is 0 Å². The molecule has 0 radical (unpaired) electrons. The summed E-state index contributed by atoms with van der Waals surface area (Å²) in [6, 6.07) is 9.17. The van der Waals surface area contributed by atoms with E-state index in [-0.39, 0.29) is 24.0 Å². The van der Waals surface area contributed by atoms with Gasteiger partial charge in [0.15, 0.2) is 5.96 Å². The van der Waals surface area contributed by atoms with Crippen molar-refractivity contribution in [3.63, 3.8) is 0 Å². The minimum Gasteiger partial charge on any atom is -0.379 e. The first-order valence-corrected chi connectivity index (χ1v) is 9.50. The molecular formula is C20H35IN4O. The first kappa shape index (κ1) is 23.2. The fourth-order valence-electron chi connectivity index (χ4n) is 3.04. The van der Waals surface area contributed by atoms with Gasteiger partial charge in [-0.25, -0.2) is 0 Å². The summed E-state index contributed by atoms with van der Waals surface area (Å²) in [6.07, 6.45) is 0. The number of aryl methyl sites for hydroxylation is 1. The van der Waals surface area contributed by atoms with E-state index in [4.69, 9.17) is 9.73 Å². The van der Waals surface area contributed by atoms with Crippen molar-refractivity contribution in [1.29, 1.82) is 0 Å². The molecule has 6 heteroatoms. The first-order chi connectivity index (χ1) is 12.1. The third kappa shape index (κ3) is 7.80. The Morgan fingerprint density at radius 3 is 2.62 bits per heavy atom. The van der Waals surface area contributed by atoms with E-state index in [0.29, 0.717) is 12.0 Å². The highest BCUT2D eigenvalue weighted by Crippen LogP contribution is 2.15. The Bertz CT molecular complexity index is 546. The van der Waals surface area contributed by atoms with Crippen LogP contribution in [-0.2, 0) is 4.74 Å². The Morgan fingerprint density at radius 2 is 1.96 bits per heavy atom. The van der Waals surface area contributed by atoms with Gasteiger partial charge >= 0.3 is 0 Å². The molecule has 0 aliphatic carbocycles. The van der Waals surface area contributed by atoms with Gasteiger partial charge in [-0.1, -0.05) is 36.8 Å². The summed E-state index contributed by atoms with van der Waals surface area (Å²) < 4.78 is 5.43. The number of benzene rings is 1. The number of aliphatic imine (C=N–C) groups is 1. The van der Waals surface area contributed by atoms with E-state index in [2.05, 4.69) is 67.5 Å². The molecule has 1 saturated heterocycles. The van der Waals surface area contributed by atoms with Gasteiger partial charge in [-0.15, -0.1) is 24.0 Å².